The highest BCUT2D eigenvalue weighted by Gasteiger charge is 2.24. The number of aromatic nitrogens is 3. The molecule has 2 rings (SSSR count). The Hall–Kier alpha value is -1.29. The number of aryl methyl sites for hydroxylation is 1. The molecule has 0 aliphatic carbocycles. The van der Waals surface area contributed by atoms with E-state index < -0.39 is 5.60 Å². The number of hydrogen-bond donors (Lipinski definition) is 1. The van der Waals surface area contributed by atoms with Crippen molar-refractivity contribution in [3.63, 3.8) is 0 Å². The Balaban J connectivity index is 2.19. The van der Waals surface area contributed by atoms with Crippen molar-refractivity contribution in [2.24, 2.45) is 0 Å². The van der Waals surface area contributed by atoms with E-state index in [9.17, 15) is 4.79 Å². The van der Waals surface area contributed by atoms with E-state index in [2.05, 4.69) is 42.9 Å². The van der Waals surface area contributed by atoms with Crippen molar-refractivity contribution in [3.8, 4) is 0 Å². The molecule has 0 saturated heterocycles. The van der Waals surface area contributed by atoms with Crippen LogP contribution in [0, 0.1) is 10.6 Å². The van der Waals surface area contributed by atoms with E-state index in [4.69, 9.17) is 4.74 Å². The van der Waals surface area contributed by atoms with E-state index in [0.29, 0.717) is 23.2 Å². The summed E-state index contributed by atoms with van der Waals surface area (Å²) in [4.78, 5) is 24.1. The summed E-state index contributed by atoms with van der Waals surface area (Å²) in [5.41, 5.74) is -0.685. The first-order valence-electron chi connectivity index (χ1n) is 5.77. The van der Waals surface area contributed by atoms with Crippen LogP contribution in [0.2, 0.25) is 0 Å². The average Bonchev–Trinajstić information content (AvgIpc) is 2.76. The van der Waals surface area contributed by atoms with Crippen molar-refractivity contribution >= 4 is 51.3 Å². The van der Waals surface area contributed by atoms with Crippen molar-refractivity contribution < 1.29 is 9.53 Å². The van der Waals surface area contributed by atoms with Gasteiger partial charge in [0.15, 0.2) is 5.13 Å². The fraction of sp³-hybridized carbons (Fsp3) is 0.333. The van der Waals surface area contributed by atoms with Crippen LogP contribution in [0.25, 0.3) is 0 Å². The number of carbonyl (C=O) groups is 1. The predicted molar refractivity (Wildman–Crippen MR) is 85.1 cm³/mol. The minimum atomic E-state index is -0.685. The third-order valence-electron chi connectivity index (χ3n) is 2.48. The molecule has 0 amide bonds. The summed E-state index contributed by atoms with van der Waals surface area (Å²) >= 11 is 3.55. The van der Waals surface area contributed by atoms with Crippen LogP contribution in [0.15, 0.2) is 12.3 Å². The molecule has 0 fully saturated rings. The van der Waals surface area contributed by atoms with E-state index in [1.54, 1.807) is 6.20 Å². The minimum absolute atomic E-state index is 0.447. The molecule has 2 heterocycles. The van der Waals surface area contributed by atoms with Crippen LogP contribution in [0.1, 0.15) is 24.5 Å². The first kappa shape index (κ1) is 15.1. The molecule has 0 bridgehead atoms. The molecule has 0 aliphatic rings. The van der Waals surface area contributed by atoms with Crippen LogP contribution in [-0.2, 0) is 15.1 Å². The van der Waals surface area contributed by atoms with Crippen LogP contribution >= 0.6 is 33.9 Å². The zero-order valence-electron chi connectivity index (χ0n) is 11.2. The molecule has 106 valence electrons. The fourth-order valence-electron chi connectivity index (χ4n) is 1.49. The van der Waals surface area contributed by atoms with Crippen LogP contribution in [-0.4, -0.2) is 21.4 Å². The second kappa shape index (κ2) is 6.00. The SMILES string of the molecule is Cc1nc(I)cc(Nc2ncc(C(C)(C)OC=O)s2)n1. The first-order valence-corrected chi connectivity index (χ1v) is 7.66. The van der Waals surface area contributed by atoms with Gasteiger partial charge in [0.25, 0.3) is 6.47 Å². The number of ether oxygens (including phenoxy) is 1. The molecule has 0 saturated carbocycles. The highest BCUT2D eigenvalue weighted by Crippen LogP contribution is 2.32. The van der Waals surface area contributed by atoms with E-state index in [0.717, 1.165) is 8.58 Å². The number of rotatable bonds is 5. The van der Waals surface area contributed by atoms with Gasteiger partial charge in [-0.15, -0.1) is 0 Å². The average molecular weight is 404 g/mol. The summed E-state index contributed by atoms with van der Waals surface area (Å²) < 4.78 is 5.91. The molecular formula is C12H13IN4O2S. The Labute approximate surface area is 134 Å². The maximum atomic E-state index is 10.5. The number of hydrogen-bond acceptors (Lipinski definition) is 7. The van der Waals surface area contributed by atoms with Crippen LogP contribution < -0.4 is 5.32 Å². The molecule has 2 aromatic heterocycles. The molecule has 1 N–H and O–H groups in total. The second-order valence-electron chi connectivity index (χ2n) is 4.50. The van der Waals surface area contributed by atoms with Gasteiger partial charge < -0.3 is 10.1 Å². The molecular weight excluding hydrogens is 391 g/mol. The highest BCUT2D eigenvalue weighted by atomic mass is 127. The molecule has 0 atom stereocenters. The largest absolute Gasteiger partial charge is 0.456 e. The van der Waals surface area contributed by atoms with Crippen molar-refractivity contribution in [2.45, 2.75) is 26.4 Å². The summed E-state index contributed by atoms with van der Waals surface area (Å²) in [6, 6.07) is 1.84. The lowest BCUT2D eigenvalue weighted by Gasteiger charge is -2.19. The lowest BCUT2D eigenvalue weighted by Crippen LogP contribution is -2.19. The van der Waals surface area contributed by atoms with Gasteiger partial charge in [0.2, 0.25) is 0 Å². The molecule has 0 aliphatic heterocycles. The monoisotopic (exact) mass is 404 g/mol. The second-order valence-corrected chi connectivity index (χ2v) is 6.64. The van der Waals surface area contributed by atoms with Gasteiger partial charge >= 0.3 is 0 Å². The Morgan fingerprint density at radius 3 is 2.85 bits per heavy atom. The highest BCUT2D eigenvalue weighted by molar-refractivity contribution is 14.1. The van der Waals surface area contributed by atoms with Crippen molar-refractivity contribution in [1.82, 2.24) is 15.0 Å². The Morgan fingerprint density at radius 1 is 1.45 bits per heavy atom. The van der Waals surface area contributed by atoms with Gasteiger partial charge in [0.1, 0.15) is 20.9 Å². The van der Waals surface area contributed by atoms with Gasteiger partial charge in [-0.3, -0.25) is 4.79 Å². The molecule has 20 heavy (non-hydrogen) atoms. The van der Waals surface area contributed by atoms with Crippen LogP contribution in [0.5, 0.6) is 0 Å². The van der Waals surface area contributed by atoms with Crippen LogP contribution in [0.4, 0.5) is 10.9 Å². The summed E-state index contributed by atoms with van der Waals surface area (Å²) in [5.74, 6) is 1.39. The number of nitrogens with zero attached hydrogens (tertiary/aromatic N) is 3. The van der Waals surface area contributed by atoms with E-state index in [1.165, 1.54) is 11.3 Å². The summed E-state index contributed by atoms with van der Waals surface area (Å²) in [6.45, 7) is 5.91. The van der Waals surface area contributed by atoms with Gasteiger partial charge in [-0.25, -0.2) is 15.0 Å². The molecule has 0 spiro atoms. The molecule has 8 heteroatoms. The topological polar surface area (TPSA) is 77.0 Å². The lowest BCUT2D eigenvalue weighted by molar-refractivity contribution is -0.140. The Kier molecular flexibility index (Phi) is 4.53. The Morgan fingerprint density at radius 2 is 2.20 bits per heavy atom. The smallest absolute Gasteiger partial charge is 0.293 e. The predicted octanol–water partition coefficient (Wildman–Crippen LogP) is 3.00. The molecule has 2 aromatic rings. The van der Waals surface area contributed by atoms with E-state index in [-0.39, 0.29) is 0 Å². The van der Waals surface area contributed by atoms with Crippen molar-refractivity contribution in [3.05, 3.63) is 26.7 Å². The van der Waals surface area contributed by atoms with Gasteiger partial charge in [0, 0.05) is 12.3 Å². The van der Waals surface area contributed by atoms with Crippen molar-refractivity contribution in [1.29, 1.82) is 0 Å². The molecule has 6 nitrogen and oxygen atoms in total. The maximum absolute atomic E-state index is 10.5. The summed E-state index contributed by atoms with van der Waals surface area (Å²) in [5, 5.41) is 3.82. The summed E-state index contributed by atoms with van der Waals surface area (Å²) in [6.07, 6.45) is 1.69. The van der Waals surface area contributed by atoms with E-state index in [1.807, 2.05) is 26.8 Å². The third kappa shape index (κ3) is 3.63. The zero-order chi connectivity index (χ0) is 14.8. The molecule has 0 unspecified atom stereocenters. The van der Waals surface area contributed by atoms with Crippen molar-refractivity contribution in [2.75, 3.05) is 5.32 Å². The summed E-state index contributed by atoms with van der Waals surface area (Å²) in [7, 11) is 0. The lowest BCUT2D eigenvalue weighted by atomic mass is 10.1. The first-order chi connectivity index (χ1) is 9.40. The number of thiazole rings is 1. The number of nitrogens with one attached hydrogen (secondary N) is 1. The number of anilines is 2. The number of halogens is 1. The zero-order valence-corrected chi connectivity index (χ0v) is 14.2. The van der Waals surface area contributed by atoms with Gasteiger partial charge in [0.05, 0.1) is 4.88 Å². The Bertz CT molecular complexity index is 609. The fourth-order valence-corrected chi connectivity index (χ4v) is 3.01. The quantitative estimate of drug-likeness (QED) is 0.469. The maximum Gasteiger partial charge on any atom is 0.293 e. The molecule has 0 aromatic carbocycles. The molecule has 0 radical (unpaired) electrons. The van der Waals surface area contributed by atoms with Gasteiger partial charge in [-0.05, 0) is 43.4 Å². The minimum Gasteiger partial charge on any atom is -0.456 e. The van der Waals surface area contributed by atoms with E-state index >= 15 is 0 Å². The third-order valence-corrected chi connectivity index (χ3v) is 4.25. The number of carbonyl (C=O) groups excluding carboxylic acids is 1. The van der Waals surface area contributed by atoms with Gasteiger partial charge in [-0.1, -0.05) is 11.3 Å². The standard InChI is InChI=1S/C12H13IN4O2S/c1-7-15-9(13)4-10(16-7)17-11-14-5-8(20-11)12(2,3)19-6-18/h4-6H,1-3H3,(H,14,15,16,17). The van der Waals surface area contributed by atoms with Gasteiger partial charge in [-0.2, -0.15) is 0 Å². The van der Waals surface area contributed by atoms with Crippen LogP contribution in [0.3, 0.4) is 0 Å². The normalized spacial score (nSPS) is 11.2.